The smallest absolute Gasteiger partial charge is 0.223 e. The van der Waals surface area contributed by atoms with Gasteiger partial charge in [-0.2, -0.15) is 5.10 Å². The van der Waals surface area contributed by atoms with Gasteiger partial charge in [0, 0.05) is 11.6 Å². The summed E-state index contributed by atoms with van der Waals surface area (Å²) in [6, 6.07) is 32.3. The lowest BCUT2D eigenvalue weighted by molar-refractivity contribution is -0.117. The van der Waals surface area contributed by atoms with Gasteiger partial charge in [-0.1, -0.05) is 91.0 Å². The molecule has 0 aliphatic heterocycles. The summed E-state index contributed by atoms with van der Waals surface area (Å²) in [6.45, 7) is -0.241. The minimum absolute atomic E-state index is 0.0184. The highest BCUT2D eigenvalue weighted by molar-refractivity contribution is 5.84. The average Bonchev–Trinajstić information content (AvgIpc) is 3.24. The van der Waals surface area contributed by atoms with Crippen LogP contribution in [0.1, 0.15) is 28.1 Å². The molecular weight excluding hydrogens is 424 g/mol. The van der Waals surface area contributed by atoms with Crippen LogP contribution < -0.4 is 5.73 Å². The van der Waals surface area contributed by atoms with Gasteiger partial charge in [0.15, 0.2) is 0 Å². The number of primary amides is 1. The molecule has 0 aliphatic rings. The highest BCUT2D eigenvalue weighted by atomic mass is 16.3. The minimum atomic E-state index is -0.846. The van der Waals surface area contributed by atoms with E-state index < -0.39 is 11.4 Å². The summed E-state index contributed by atoms with van der Waals surface area (Å²) in [5.74, 6) is -0.458. The van der Waals surface area contributed by atoms with Crippen LogP contribution in [0.3, 0.4) is 0 Å². The second-order valence-electron chi connectivity index (χ2n) is 8.16. The van der Waals surface area contributed by atoms with E-state index in [0.717, 1.165) is 27.6 Å². The summed E-state index contributed by atoms with van der Waals surface area (Å²) in [5, 5.41) is 15.8. The number of fused-ring (bicyclic) bond motifs is 1. The lowest BCUT2D eigenvalue weighted by Crippen LogP contribution is -2.38. The standard InChI is InChI=1S/C28H24N4O2/c29-27(34)17-23-16-26-24(18-30-23)25(19-33)31-32(26)28(20-10-4-1-5-11-20,21-12-6-2-7-13-21)22-14-8-3-9-15-22/h1-16,18,33H,17,19H2,(H2,29,34). The topological polar surface area (TPSA) is 94.0 Å². The molecule has 2 heterocycles. The zero-order valence-electron chi connectivity index (χ0n) is 18.5. The van der Waals surface area contributed by atoms with E-state index in [4.69, 9.17) is 10.8 Å². The van der Waals surface area contributed by atoms with Crippen molar-refractivity contribution in [3.63, 3.8) is 0 Å². The molecule has 3 aromatic carbocycles. The molecular formula is C28H24N4O2. The molecule has 168 valence electrons. The van der Waals surface area contributed by atoms with Gasteiger partial charge in [0.05, 0.1) is 29.9 Å². The monoisotopic (exact) mass is 448 g/mol. The van der Waals surface area contributed by atoms with Gasteiger partial charge >= 0.3 is 0 Å². The number of nitrogens with zero attached hydrogens (tertiary/aromatic N) is 3. The van der Waals surface area contributed by atoms with Crippen LogP contribution in [0, 0.1) is 0 Å². The molecule has 0 bridgehead atoms. The van der Waals surface area contributed by atoms with Crippen LogP contribution in [-0.2, 0) is 23.4 Å². The Morgan fingerprint density at radius 2 is 1.35 bits per heavy atom. The molecule has 2 aromatic heterocycles. The molecule has 0 saturated carbocycles. The average molecular weight is 449 g/mol. The Morgan fingerprint density at radius 1 is 0.853 bits per heavy atom. The van der Waals surface area contributed by atoms with Crippen molar-refractivity contribution >= 4 is 16.8 Å². The highest BCUT2D eigenvalue weighted by Gasteiger charge is 2.40. The quantitative estimate of drug-likeness (QED) is 0.371. The number of hydrogen-bond donors (Lipinski definition) is 2. The first kappa shape index (κ1) is 21.6. The summed E-state index contributed by atoms with van der Waals surface area (Å²) in [5.41, 5.74) is 9.46. The second kappa shape index (κ2) is 8.92. The van der Waals surface area contributed by atoms with Crippen LogP contribution in [-0.4, -0.2) is 25.8 Å². The molecule has 1 amide bonds. The number of carbonyl (C=O) groups is 1. The molecule has 6 heteroatoms. The van der Waals surface area contributed by atoms with Gasteiger partial charge in [-0.3, -0.25) is 9.78 Å². The van der Waals surface area contributed by atoms with Gasteiger partial charge < -0.3 is 10.8 Å². The maximum atomic E-state index is 11.6. The summed E-state index contributed by atoms with van der Waals surface area (Å²) >= 11 is 0. The Bertz CT molecular complexity index is 1330. The van der Waals surface area contributed by atoms with Crippen LogP contribution in [0.4, 0.5) is 0 Å². The maximum absolute atomic E-state index is 11.6. The van der Waals surface area contributed by atoms with Gasteiger partial charge in [-0.25, -0.2) is 4.68 Å². The van der Waals surface area contributed by atoms with Crippen molar-refractivity contribution in [2.45, 2.75) is 18.6 Å². The van der Waals surface area contributed by atoms with E-state index in [2.05, 4.69) is 41.4 Å². The normalized spacial score (nSPS) is 11.6. The molecule has 34 heavy (non-hydrogen) atoms. The number of aliphatic hydroxyl groups is 1. The third-order valence-electron chi connectivity index (χ3n) is 6.10. The van der Waals surface area contributed by atoms with Gasteiger partial charge in [0.2, 0.25) is 5.91 Å². The summed E-state index contributed by atoms with van der Waals surface area (Å²) in [6.07, 6.45) is 1.68. The number of rotatable bonds is 7. The fourth-order valence-corrected chi connectivity index (χ4v) is 4.67. The van der Waals surface area contributed by atoms with Gasteiger partial charge in [0.25, 0.3) is 0 Å². The van der Waals surface area contributed by atoms with E-state index in [9.17, 15) is 9.90 Å². The number of amides is 1. The van der Waals surface area contributed by atoms with E-state index in [1.165, 1.54) is 0 Å². The van der Waals surface area contributed by atoms with Crippen molar-refractivity contribution in [3.05, 3.63) is 131 Å². The fraction of sp³-hybridized carbons (Fsp3) is 0.107. The van der Waals surface area contributed by atoms with Crippen molar-refractivity contribution in [2.75, 3.05) is 0 Å². The Kier molecular flexibility index (Phi) is 5.65. The lowest BCUT2D eigenvalue weighted by atomic mass is 9.77. The van der Waals surface area contributed by atoms with Gasteiger partial charge in [0.1, 0.15) is 5.54 Å². The number of hydrogen-bond acceptors (Lipinski definition) is 4. The zero-order chi connectivity index (χ0) is 23.5. The van der Waals surface area contributed by atoms with Crippen LogP contribution in [0.5, 0.6) is 0 Å². The van der Waals surface area contributed by atoms with Gasteiger partial charge in [-0.15, -0.1) is 0 Å². The van der Waals surface area contributed by atoms with Crippen LogP contribution >= 0.6 is 0 Å². The highest BCUT2D eigenvalue weighted by Crippen LogP contribution is 2.42. The third-order valence-corrected chi connectivity index (χ3v) is 6.10. The number of benzene rings is 3. The van der Waals surface area contributed by atoms with Crippen LogP contribution in [0.2, 0.25) is 0 Å². The Hall–Kier alpha value is -4.29. The van der Waals surface area contributed by atoms with Crippen molar-refractivity contribution in [3.8, 4) is 0 Å². The predicted octanol–water partition coefficient (Wildman–Crippen LogP) is 3.79. The summed E-state index contributed by atoms with van der Waals surface area (Å²) in [7, 11) is 0. The number of carbonyl (C=O) groups excluding carboxylic acids is 1. The fourth-order valence-electron chi connectivity index (χ4n) is 4.67. The summed E-state index contributed by atoms with van der Waals surface area (Å²) < 4.78 is 1.94. The molecule has 5 aromatic rings. The first-order chi connectivity index (χ1) is 16.6. The third kappa shape index (κ3) is 3.54. The Morgan fingerprint density at radius 3 is 1.79 bits per heavy atom. The number of aliphatic hydroxyl groups excluding tert-OH is 1. The van der Waals surface area contributed by atoms with E-state index >= 15 is 0 Å². The van der Waals surface area contributed by atoms with Crippen molar-refractivity contribution in [2.24, 2.45) is 5.73 Å². The van der Waals surface area contributed by atoms with Crippen molar-refractivity contribution in [1.29, 1.82) is 0 Å². The molecule has 0 spiro atoms. The minimum Gasteiger partial charge on any atom is -0.390 e. The van der Waals surface area contributed by atoms with E-state index in [-0.39, 0.29) is 13.0 Å². The van der Waals surface area contributed by atoms with E-state index in [0.29, 0.717) is 11.4 Å². The molecule has 0 aliphatic carbocycles. The Labute approximate surface area is 197 Å². The van der Waals surface area contributed by atoms with Crippen LogP contribution in [0.25, 0.3) is 10.9 Å². The molecule has 6 nitrogen and oxygen atoms in total. The second-order valence-corrected chi connectivity index (χ2v) is 8.16. The van der Waals surface area contributed by atoms with E-state index in [1.807, 2.05) is 65.3 Å². The molecule has 0 saturated heterocycles. The molecule has 5 rings (SSSR count). The first-order valence-electron chi connectivity index (χ1n) is 11.1. The maximum Gasteiger partial charge on any atom is 0.223 e. The zero-order valence-corrected chi connectivity index (χ0v) is 18.5. The largest absolute Gasteiger partial charge is 0.390 e. The lowest BCUT2D eigenvalue weighted by Gasteiger charge is -2.37. The van der Waals surface area contributed by atoms with Gasteiger partial charge in [-0.05, 0) is 22.8 Å². The SMILES string of the molecule is NC(=O)Cc1cc2c(cn1)c(CO)nn2C(c1ccccc1)(c1ccccc1)c1ccccc1. The predicted molar refractivity (Wildman–Crippen MR) is 131 cm³/mol. The number of aromatic nitrogens is 3. The number of nitrogens with two attached hydrogens (primary N) is 1. The molecule has 0 atom stereocenters. The van der Waals surface area contributed by atoms with Crippen molar-refractivity contribution < 1.29 is 9.90 Å². The Balaban J connectivity index is 1.95. The summed E-state index contributed by atoms with van der Waals surface area (Å²) in [4.78, 5) is 16.0. The molecule has 0 fully saturated rings. The molecule has 0 unspecified atom stereocenters. The molecule has 0 radical (unpaired) electrons. The van der Waals surface area contributed by atoms with E-state index in [1.54, 1.807) is 6.20 Å². The molecule has 3 N–H and O–H groups in total. The first-order valence-corrected chi connectivity index (χ1v) is 11.1. The van der Waals surface area contributed by atoms with Crippen LogP contribution in [0.15, 0.2) is 103 Å². The van der Waals surface area contributed by atoms with Crippen molar-refractivity contribution in [1.82, 2.24) is 14.8 Å². The number of pyridine rings is 1.